The Hall–Kier alpha value is -3.42. The lowest BCUT2D eigenvalue weighted by atomic mass is 10.1. The third-order valence-corrected chi connectivity index (χ3v) is 3.73. The Bertz CT molecular complexity index is 1010. The normalized spacial score (nSPS) is 10.6. The average Bonchev–Trinajstić information content (AvgIpc) is 2.62. The van der Waals surface area contributed by atoms with Crippen LogP contribution in [0.2, 0.25) is 0 Å². The van der Waals surface area contributed by atoms with Gasteiger partial charge in [0.2, 0.25) is 0 Å². The van der Waals surface area contributed by atoms with E-state index in [9.17, 15) is 22.8 Å². The molecule has 3 aromatic rings. The summed E-state index contributed by atoms with van der Waals surface area (Å²) in [5.41, 5.74) is 0.209. The van der Waals surface area contributed by atoms with Crippen molar-refractivity contribution < 1.29 is 18.0 Å². The second-order valence-corrected chi connectivity index (χ2v) is 5.73. The molecule has 0 fully saturated rings. The minimum Gasteiger partial charge on any atom is -0.350 e. The van der Waals surface area contributed by atoms with E-state index in [1.54, 1.807) is 0 Å². The smallest absolute Gasteiger partial charge is 0.271 e. The van der Waals surface area contributed by atoms with Gasteiger partial charge in [-0.15, -0.1) is 0 Å². The number of nitrogens with zero attached hydrogens (tertiary/aromatic N) is 2. The van der Waals surface area contributed by atoms with Crippen molar-refractivity contribution in [3.63, 3.8) is 0 Å². The summed E-state index contributed by atoms with van der Waals surface area (Å²) in [5, 5.41) is 6.55. The molecule has 2 aromatic carbocycles. The number of hydrogen-bond acceptors (Lipinski definition) is 3. The zero-order chi connectivity index (χ0) is 19.4. The summed E-state index contributed by atoms with van der Waals surface area (Å²) in [6.45, 7) is 0.124. The molecule has 0 spiro atoms. The van der Waals surface area contributed by atoms with Crippen molar-refractivity contribution in [1.82, 2.24) is 15.1 Å². The second-order valence-electron chi connectivity index (χ2n) is 5.73. The van der Waals surface area contributed by atoms with Gasteiger partial charge in [-0.2, -0.15) is 9.78 Å². The molecule has 5 nitrogen and oxygen atoms in total. The third kappa shape index (κ3) is 4.60. The quantitative estimate of drug-likeness (QED) is 0.748. The number of amides is 1. The van der Waals surface area contributed by atoms with Crippen molar-refractivity contribution in [3.8, 4) is 5.69 Å². The van der Waals surface area contributed by atoms with Crippen LogP contribution in [0.25, 0.3) is 5.69 Å². The number of carbonyl (C=O) groups excluding carboxylic acids is 1. The van der Waals surface area contributed by atoms with Crippen molar-refractivity contribution in [1.29, 1.82) is 0 Å². The van der Waals surface area contributed by atoms with Crippen molar-refractivity contribution in [2.24, 2.45) is 0 Å². The second kappa shape index (κ2) is 7.86. The molecular formula is C19H14F3N3O2. The van der Waals surface area contributed by atoms with E-state index in [1.807, 2.05) is 0 Å². The molecule has 3 rings (SSSR count). The number of nitrogens with one attached hydrogen (secondary N) is 1. The summed E-state index contributed by atoms with van der Waals surface area (Å²) in [5.74, 6) is -2.40. The first-order valence-electron chi connectivity index (χ1n) is 8.02. The predicted octanol–water partition coefficient (Wildman–Crippen LogP) is 2.62. The van der Waals surface area contributed by atoms with Crippen LogP contribution in [0.1, 0.15) is 16.1 Å². The van der Waals surface area contributed by atoms with Crippen molar-refractivity contribution in [2.75, 3.05) is 6.54 Å². The molecule has 0 radical (unpaired) electrons. The first kappa shape index (κ1) is 18.4. The van der Waals surface area contributed by atoms with Crippen LogP contribution in [-0.4, -0.2) is 22.2 Å². The molecule has 0 bridgehead atoms. The minimum absolute atomic E-state index is 0.0238. The van der Waals surface area contributed by atoms with Crippen LogP contribution in [-0.2, 0) is 6.42 Å². The summed E-state index contributed by atoms with van der Waals surface area (Å²) in [7, 11) is 0. The van der Waals surface area contributed by atoms with Crippen LogP contribution in [0.5, 0.6) is 0 Å². The number of aromatic nitrogens is 2. The highest BCUT2D eigenvalue weighted by Gasteiger charge is 2.11. The van der Waals surface area contributed by atoms with Gasteiger partial charge in [-0.05, 0) is 54.4 Å². The van der Waals surface area contributed by atoms with Gasteiger partial charge in [0, 0.05) is 18.7 Å². The fraction of sp³-hybridized carbons (Fsp3) is 0.105. The molecule has 0 atom stereocenters. The Balaban J connectivity index is 1.70. The number of rotatable bonds is 5. The maximum Gasteiger partial charge on any atom is 0.271 e. The number of halogens is 3. The summed E-state index contributed by atoms with van der Waals surface area (Å²) in [6.07, 6.45) is 0.220. The van der Waals surface area contributed by atoms with Crippen molar-refractivity contribution in [2.45, 2.75) is 6.42 Å². The van der Waals surface area contributed by atoms with Crippen LogP contribution in [0.3, 0.4) is 0 Å². The van der Waals surface area contributed by atoms with Gasteiger partial charge in [-0.1, -0.05) is 0 Å². The van der Waals surface area contributed by atoms with E-state index in [4.69, 9.17) is 0 Å². The first-order valence-corrected chi connectivity index (χ1v) is 8.02. The van der Waals surface area contributed by atoms with Crippen LogP contribution in [0, 0.1) is 17.5 Å². The topological polar surface area (TPSA) is 64.0 Å². The molecule has 138 valence electrons. The van der Waals surface area contributed by atoms with E-state index in [0.29, 0.717) is 11.3 Å². The molecule has 1 N–H and O–H groups in total. The highest BCUT2D eigenvalue weighted by atomic mass is 19.1. The number of benzene rings is 2. The lowest BCUT2D eigenvalue weighted by Gasteiger charge is -2.08. The highest BCUT2D eigenvalue weighted by Crippen LogP contribution is 2.08. The van der Waals surface area contributed by atoms with Crippen molar-refractivity contribution in [3.05, 3.63) is 93.7 Å². The average molecular weight is 373 g/mol. The van der Waals surface area contributed by atoms with E-state index in [2.05, 4.69) is 10.4 Å². The van der Waals surface area contributed by atoms with E-state index < -0.39 is 28.9 Å². The van der Waals surface area contributed by atoms with Gasteiger partial charge < -0.3 is 5.32 Å². The van der Waals surface area contributed by atoms with Crippen LogP contribution < -0.4 is 10.9 Å². The van der Waals surface area contributed by atoms with E-state index >= 15 is 0 Å². The number of carbonyl (C=O) groups is 1. The minimum atomic E-state index is -0.690. The van der Waals surface area contributed by atoms with Gasteiger partial charge in [0.1, 0.15) is 23.1 Å². The molecule has 0 aliphatic rings. The van der Waals surface area contributed by atoms with E-state index in [1.165, 1.54) is 48.5 Å². The standard InChI is InChI=1S/C19H14F3N3O2/c20-13-1-3-16(4-2-13)25-18(26)6-5-17(24-25)19(27)23-8-7-12-9-14(21)11-15(22)10-12/h1-6,9-11H,7-8H2,(H,23,27). The number of hydrogen-bond donors (Lipinski definition) is 1. The zero-order valence-corrected chi connectivity index (χ0v) is 14.0. The molecule has 8 heteroatoms. The maximum atomic E-state index is 13.2. The molecule has 0 aliphatic carbocycles. The molecular weight excluding hydrogens is 359 g/mol. The van der Waals surface area contributed by atoms with Crippen LogP contribution >= 0.6 is 0 Å². The lowest BCUT2D eigenvalue weighted by molar-refractivity contribution is 0.0947. The summed E-state index contributed by atoms with van der Waals surface area (Å²) >= 11 is 0. The molecule has 0 aliphatic heterocycles. The largest absolute Gasteiger partial charge is 0.350 e. The Morgan fingerprint density at radius 1 is 0.926 bits per heavy atom. The van der Waals surface area contributed by atoms with Crippen LogP contribution in [0.15, 0.2) is 59.4 Å². The molecule has 27 heavy (non-hydrogen) atoms. The van der Waals surface area contributed by atoms with E-state index in [0.717, 1.165) is 10.7 Å². The van der Waals surface area contributed by atoms with Gasteiger partial charge >= 0.3 is 0 Å². The predicted molar refractivity (Wildman–Crippen MR) is 92.2 cm³/mol. The molecule has 0 saturated heterocycles. The molecule has 1 aromatic heterocycles. The fourth-order valence-electron chi connectivity index (χ4n) is 2.47. The summed E-state index contributed by atoms with van der Waals surface area (Å²) in [6, 6.07) is 10.7. The Kier molecular flexibility index (Phi) is 5.35. The SMILES string of the molecule is O=C(NCCc1cc(F)cc(F)c1)c1ccc(=O)n(-c2ccc(F)cc2)n1. The van der Waals surface area contributed by atoms with Gasteiger partial charge in [0.25, 0.3) is 11.5 Å². The monoisotopic (exact) mass is 373 g/mol. The highest BCUT2D eigenvalue weighted by molar-refractivity contribution is 5.92. The Labute approximate surface area is 152 Å². The first-order chi connectivity index (χ1) is 12.9. The molecule has 1 amide bonds. The Morgan fingerprint density at radius 3 is 2.26 bits per heavy atom. The fourth-order valence-corrected chi connectivity index (χ4v) is 2.47. The van der Waals surface area contributed by atoms with Gasteiger partial charge in [-0.3, -0.25) is 9.59 Å². The van der Waals surface area contributed by atoms with Gasteiger partial charge in [0.15, 0.2) is 0 Å². The summed E-state index contributed by atoms with van der Waals surface area (Å²) < 4.78 is 40.3. The Morgan fingerprint density at radius 2 is 1.59 bits per heavy atom. The van der Waals surface area contributed by atoms with Gasteiger partial charge in [0.05, 0.1) is 5.69 Å². The molecule has 0 unspecified atom stereocenters. The maximum absolute atomic E-state index is 13.2. The summed E-state index contributed by atoms with van der Waals surface area (Å²) in [4.78, 5) is 24.2. The third-order valence-electron chi connectivity index (χ3n) is 3.73. The van der Waals surface area contributed by atoms with E-state index in [-0.39, 0.29) is 18.7 Å². The zero-order valence-electron chi connectivity index (χ0n) is 14.0. The molecule has 1 heterocycles. The van der Waals surface area contributed by atoms with Crippen molar-refractivity contribution >= 4 is 5.91 Å². The van der Waals surface area contributed by atoms with Crippen LogP contribution in [0.4, 0.5) is 13.2 Å². The molecule has 0 saturated carbocycles. The van der Waals surface area contributed by atoms with Gasteiger partial charge in [-0.25, -0.2) is 13.2 Å². The lowest BCUT2D eigenvalue weighted by Crippen LogP contribution is -2.30.